The molecule has 182 valence electrons. The van der Waals surface area contributed by atoms with Gasteiger partial charge in [-0.25, -0.2) is 4.98 Å². The Morgan fingerprint density at radius 2 is 1.58 bits per heavy atom. The van der Waals surface area contributed by atoms with E-state index in [-0.39, 0.29) is 11.5 Å². The maximum atomic E-state index is 13.3. The lowest BCUT2D eigenvalue weighted by molar-refractivity contribution is -0.118. The standard InChI is InChI=1S/C29H28N4O3/c34-27(32-26(20-11-5-3-6-12-20)28(35)30-22-13-7-4-8-14-22)21-16-17-23-24(19-21)31-25-15-9-1-2-10-18-33(25)29(23)36/h3-8,11-14,16-17,19,26H,1-2,9-10,15,18H2,(H,30,35)(H,32,34). The van der Waals surface area contributed by atoms with Crippen molar-refractivity contribution in [2.75, 3.05) is 5.32 Å². The van der Waals surface area contributed by atoms with Gasteiger partial charge in [0.25, 0.3) is 17.4 Å². The molecule has 36 heavy (non-hydrogen) atoms. The highest BCUT2D eigenvalue weighted by molar-refractivity contribution is 6.03. The molecule has 7 heteroatoms. The molecule has 1 unspecified atom stereocenters. The number of carbonyl (C=O) groups excluding carboxylic acids is 2. The monoisotopic (exact) mass is 480 g/mol. The fraction of sp³-hybridized carbons (Fsp3) is 0.241. The highest BCUT2D eigenvalue weighted by Crippen LogP contribution is 2.19. The third-order valence-corrected chi connectivity index (χ3v) is 6.54. The summed E-state index contributed by atoms with van der Waals surface area (Å²) < 4.78 is 1.78. The van der Waals surface area contributed by atoms with Crippen LogP contribution in [0.5, 0.6) is 0 Å². The Morgan fingerprint density at radius 1 is 0.861 bits per heavy atom. The molecule has 2 N–H and O–H groups in total. The van der Waals surface area contributed by atoms with Gasteiger partial charge in [-0.15, -0.1) is 0 Å². The summed E-state index contributed by atoms with van der Waals surface area (Å²) in [5, 5.41) is 6.23. The van der Waals surface area contributed by atoms with Crippen molar-refractivity contribution in [1.82, 2.24) is 14.9 Å². The largest absolute Gasteiger partial charge is 0.336 e. The number of aromatic nitrogens is 2. The Hall–Kier alpha value is -4.26. The van der Waals surface area contributed by atoms with Gasteiger partial charge in [0.15, 0.2) is 0 Å². The summed E-state index contributed by atoms with van der Waals surface area (Å²) in [7, 11) is 0. The van der Waals surface area contributed by atoms with Gasteiger partial charge in [0.05, 0.1) is 10.9 Å². The van der Waals surface area contributed by atoms with Crippen LogP contribution < -0.4 is 16.2 Å². The van der Waals surface area contributed by atoms with E-state index in [0.29, 0.717) is 34.3 Å². The van der Waals surface area contributed by atoms with Gasteiger partial charge >= 0.3 is 0 Å². The maximum Gasteiger partial charge on any atom is 0.261 e. The van der Waals surface area contributed by atoms with E-state index in [1.807, 2.05) is 36.4 Å². The van der Waals surface area contributed by atoms with Crippen molar-refractivity contribution in [2.45, 2.75) is 44.7 Å². The van der Waals surface area contributed by atoms with Crippen LogP contribution in [0.2, 0.25) is 0 Å². The minimum atomic E-state index is -0.899. The van der Waals surface area contributed by atoms with Crippen LogP contribution in [-0.4, -0.2) is 21.4 Å². The highest BCUT2D eigenvalue weighted by atomic mass is 16.2. The van der Waals surface area contributed by atoms with Crippen molar-refractivity contribution in [3.05, 3.63) is 106 Å². The number of aryl methyl sites for hydroxylation is 1. The zero-order chi connectivity index (χ0) is 24.9. The Balaban J connectivity index is 1.44. The highest BCUT2D eigenvalue weighted by Gasteiger charge is 2.24. The van der Waals surface area contributed by atoms with E-state index in [0.717, 1.165) is 37.9 Å². The predicted molar refractivity (Wildman–Crippen MR) is 140 cm³/mol. The van der Waals surface area contributed by atoms with E-state index in [2.05, 4.69) is 10.6 Å². The van der Waals surface area contributed by atoms with Gasteiger partial charge in [-0.1, -0.05) is 61.4 Å². The first-order chi connectivity index (χ1) is 17.6. The number of nitrogens with one attached hydrogen (secondary N) is 2. The second-order valence-corrected chi connectivity index (χ2v) is 9.05. The number of hydrogen-bond donors (Lipinski definition) is 2. The molecule has 0 saturated heterocycles. The fourth-order valence-electron chi connectivity index (χ4n) is 4.63. The predicted octanol–water partition coefficient (Wildman–Crippen LogP) is 4.62. The number of amides is 2. The van der Waals surface area contributed by atoms with E-state index < -0.39 is 11.9 Å². The number of carbonyl (C=O) groups is 2. The maximum absolute atomic E-state index is 13.3. The van der Waals surface area contributed by atoms with E-state index in [1.165, 1.54) is 0 Å². The zero-order valence-corrected chi connectivity index (χ0v) is 19.9. The number of benzene rings is 3. The SMILES string of the molecule is O=C(NC(C(=O)Nc1ccccc1)c1ccccc1)c1ccc2c(=O)n3c(nc2c1)CCCCCC3. The summed E-state index contributed by atoms with van der Waals surface area (Å²) in [4.78, 5) is 44.3. The first-order valence-electron chi connectivity index (χ1n) is 12.4. The summed E-state index contributed by atoms with van der Waals surface area (Å²) in [6.45, 7) is 0.675. The second-order valence-electron chi connectivity index (χ2n) is 9.05. The lowest BCUT2D eigenvalue weighted by atomic mass is 10.0. The number of fused-ring (bicyclic) bond motifs is 2. The lowest BCUT2D eigenvalue weighted by Gasteiger charge is -2.19. The van der Waals surface area contributed by atoms with Crippen molar-refractivity contribution >= 4 is 28.4 Å². The van der Waals surface area contributed by atoms with Crippen molar-refractivity contribution in [2.24, 2.45) is 0 Å². The van der Waals surface area contributed by atoms with Gasteiger partial charge in [-0.3, -0.25) is 19.0 Å². The summed E-state index contributed by atoms with van der Waals surface area (Å²) in [5.74, 6) is 0.0102. The van der Waals surface area contributed by atoms with Crippen LogP contribution in [0.1, 0.15) is 53.5 Å². The number of hydrogen-bond acceptors (Lipinski definition) is 4. The molecule has 1 aliphatic heterocycles. The quantitative estimate of drug-likeness (QED) is 0.436. The van der Waals surface area contributed by atoms with Gasteiger partial charge < -0.3 is 10.6 Å². The molecule has 2 amide bonds. The lowest BCUT2D eigenvalue weighted by Crippen LogP contribution is -2.37. The molecular weight excluding hydrogens is 452 g/mol. The van der Waals surface area contributed by atoms with E-state index in [9.17, 15) is 14.4 Å². The normalized spacial score (nSPS) is 14.2. The zero-order valence-electron chi connectivity index (χ0n) is 19.9. The van der Waals surface area contributed by atoms with Gasteiger partial charge in [0, 0.05) is 24.2 Å². The van der Waals surface area contributed by atoms with E-state index in [1.54, 1.807) is 47.0 Å². The smallest absolute Gasteiger partial charge is 0.261 e. The molecule has 0 fully saturated rings. The molecule has 2 heterocycles. The number of rotatable bonds is 5. The van der Waals surface area contributed by atoms with Crippen LogP contribution >= 0.6 is 0 Å². The van der Waals surface area contributed by atoms with Gasteiger partial charge in [0.1, 0.15) is 11.9 Å². The van der Waals surface area contributed by atoms with Crippen molar-refractivity contribution in [1.29, 1.82) is 0 Å². The Kier molecular flexibility index (Phi) is 6.89. The van der Waals surface area contributed by atoms with Crippen molar-refractivity contribution in [3.63, 3.8) is 0 Å². The van der Waals surface area contributed by atoms with Gasteiger partial charge in [-0.2, -0.15) is 0 Å². The van der Waals surface area contributed by atoms with Gasteiger partial charge in [0.2, 0.25) is 0 Å². The molecule has 7 nitrogen and oxygen atoms in total. The first kappa shape index (κ1) is 23.5. The molecule has 0 bridgehead atoms. The third-order valence-electron chi connectivity index (χ3n) is 6.54. The first-order valence-corrected chi connectivity index (χ1v) is 12.4. The molecule has 1 aromatic heterocycles. The van der Waals surface area contributed by atoms with E-state index in [4.69, 9.17) is 4.98 Å². The topological polar surface area (TPSA) is 93.1 Å². The number of nitrogens with zero attached hydrogens (tertiary/aromatic N) is 2. The molecule has 5 rings (SSSR count). The van der Waals surface area contributed by atoms with Crippen LogP contribution in [-0.2, 0) is 17.8 Å². The van der Waals surface area contributed by atoms with Crippen LogP contribution in [0.25, 0.3) is 10.9 Å². The second kappa shape index (κ2) is 10.6. The van der Waals surface area contributed by atoms with Crippen molar-refractivity contribution < 1.29 is 9.59 Å². The minimum absolute atomic E-state index is 0.0618. The summed E-state index contributed by atoms with van der Waals surface area (Å²) in [6, 6.07) is 22.2. The average Bonchev–Trinajstić information content (AvgIpc) is 2.89. The van der Waals surface area contributed by atoms with Crippen LogP contribution in [0.3, 0.4) is 0 Å². The van der Waals surface area contributed by atoms with Crippen LogP contribution in [0.15, 0.2) is 83.7 Å². The number of para-hydroxylation sites is 1. The summed E-state index contributed by atoms with van der Waals surface area (Å²) >= 11 is 0. The third kappa shape index (κ3) is 5.05. The van der Waals surface area contributed by atoms with Crippen LogP contribution in [0.4, 0.5) is 5.69 Å². The van der Waals surface area contributed by atoms with Crippen LogP contribution in [0, 0.1) is 0 Å². The molecule has 0 spiro atoms. The fourth-order valence-corrected chi connectivity index (χ4v) is 4.63. The van der Waals surface area contributed by atoms with Crippen molar-refractivity contribution in [3.8, 4) is 0 Å². The molecule has 0 aliphatic carbocycles. The molecule has 3 aromatic carbocycles. The minimum Gasteiger partial charge on any atom is -0.336 e. The molecule has 1 aliphatic rings. The summed E-state index contributed by atoms with van der Waals surface area (Å²) in [5.41, 5.74) is 2.10. The Bertz CT molecular complexity index is 1450. The molecule has 0 saturated carbocycles. The average molecular weight is 481 g/mol. The Labute approximate surface area is 209 Å². The molecule has 1 atom stereocenters. The molecular formula is C29H28N4O3. The molecule has 4 aromatic rings. The Morgan fingerprint density at radius 3 is 2.36 bits per heavy atom. The summed E-state index contributed by atoms with van der Waals surface area (Å²) in [6.07, 6.45) is 4.95. The molecule has 0 radical (unpaired) electrons. The van der Waals surface area contributed by atoms with E-state index >= 15 is 0 Å². The number of anilines is 1. The van der Waals surface area contributed by atoms with Gasteiger partial charge in [-0.05, 0) is 48.7 Å².